The highest BCUT2D eigenvalue weighted by Gasteiger charge is 2.32. The molecule has 1 aliphatic heterocycles. The van der Waals surface area contributed by atoms with Crippen molar-refractivity contribution in [2.24, 2.45) is 0 Å². The Balaban J connectivity index is 2.35. The minimum Gasteiger partial charge on any atom is -0.493 e. The van der Waals surface area contributed by atoms with Gasteiger partial charge in [0.2, 0.25) is 5.75 Å². The lowest BCUT2D eigenvalue weighted by molar-refractivity contribution is 0.0529. The average Bonchev–Trinajstić information content (AvgIpc) is 2.91. The Hall–Kier alpha value is -1.13. The second-order valence-electron chi connectivity index (χ2n) is 4.89. The predicted octanol–water partition coefficient (Wildman–Crippen LogP) is 3.56. The molecule has 3 unspecified atom stereocenters. The van der Waals surface area contributed by atoms with E-state index in [1.165, 1.54) is 0 Å². The van der Waals surface area contributed by atoms with Crippen LogP contribution >= 0.6 is 11.6 Å². The van der Waals surface area contributed by atoms with Gasteiger partial charge in [-0.1, -0.05) is 0 Å². The number of halogens is 1. The van der Waals surface area contributed by atoms with Crippen molar-refractivity contribution in [1.82, 2.24) is 0 Å². The van der Waals surface area contributed by atoms with Crippen LogP contribution in [0.2, 0.25) is 0 Å². The number of hydrogen-bond acceptors (Lipinski definition) is 4. The lowest BCUT2D eigenvalue weighted by Gasteiger charge is -2.22. The van der Waals surface area contributed by atoms with Gasteiger partial charge in [-0.25, -0.2) is 0 Å². The minimum atomic E-state index is -0.269. The van der Waals surface area contributed by atoms with E-state index >= 15 is 0 Å². The molecule has 5 heteroatoms. The van der Waals surface area contributed by atoms with Gasteiger partial charge in [0.25, 0.3) is 0 Å². The van der Waals surface area contributed by atoms with Crippen LogP contribution in [0, 0.1) is 0 Å². The van der Waals surface area contributed by atoms with E-state index in [0.717, 1.165) is 18.4 Å². The van der Waals surface area contributed by atoms with Gasteiger partial charge in [0.05, 0.1) is 38.9 Å². The number of rotatable bonds is 5. The molecule has 4 nitrogen and oxygen atoms in total. The summed E-state index contributed by atoms with van der Waals surface area (Å²) < 4.78 is 22.0. The zero-order chi connectivity index (χ0) is 14.7. The maximum Gasteiger partial charge on any atom is 0.203 e. The summed E-state index contributed by atoms with van der Waals surface area (Å²) in [7, 11) is 4.78. The first kappa shape index (κ1) is 15.3. The third kappa shape index (κ3) is 2.81. The van der Waals surface area contributed by atoms with Crippen molar-refractivity contribution in [1.29, 1.82) is 0 Å². The Morgan fingerprint density at radius 3 is 2.30 bits per heavy atom. The average molecular weight is 301 g/mol. The second kappa shape index (κ2) is 6.55. The number of methoxy groups -OCH3 is 3. The summed E-state index contributed by atoms with van der Waals surface area (Å²) in [5.74, 6) is 1.79. The Bertz CT molecular complexity index is 463. The van der Waals surface area contributed by atoms with Crippen molar-refractivity contribution in [2.45, 2.75) is 37.4 Å². The number of benzene rings is 1. The van der Waals surface area contributed by atoms with E-state index in [-0.39, 0.29) is 17.6 Å². The minimum absolute atomic E-state index is 0.00123. The molecule has 1 heterocycles. The lowest BCUT2D eigenvalue weighted by Crippen LogP contribution is -2.15. The molecule has 0 amide bonds. The van der Waals surface area contributed by atoms with Crippen LogP contribution in [0.3, 0.4) is 0 Å². The third-order valence-electron chi connectivity index (χ3n) is 3.62. The first-order valence-electron chi connectivity index (χ1n) is 6.70. The van der Waals surface area contributed by atoms with Gasteiger partial charge < -0.3 is 18.9 Å². The van der Waals surface area contributed by atoms with E-state index in [4.69, 9.17) is 30.5 Å². The molecule has 1 aromatic carbocycles. The largest absolute Gasteiger partial charge is 0.493 e. The summed E-state index contributed by atoms with van der Waals surface area (Å²) in [5.41, 5.74) is 0.867. The molecule has 1 aromatic rings. The molecule has 2 rings (SSSR count). The van der Waals surface area contributed by atoms with Crippen molar-refractivity contribution in [3.8, 4) is 17.2 Å². The van der Waals surface area contributed by atoms with E-state index in [1.807, 2.05) is 12.1 Å². The summed E-state index contributed by atoms with van der Waals surface area (Å²) >= 11 is 6.58. The van der Waals surface area contributed by atoms with Gasteiger partial charge in [-0.15, -0.1) is 11.6 Å². The Morgan fingerprint density at radius 2 is 1.80 bits per heavy atom. The van der Waals surface area contributed by atoms with Crippen LogP contribution in [-0.4, -0.2) is 33.5 Å². The van der Waals surface area contributed by atoms with Crippen LogP contribution in [0.5, 0.6) is 17.2 Å². The van der Waals surface area contributed by atoms with Crippen molar-refractivity contribution in [3.05, 3.63) is 17.7 Å². The van der Waals surface area contributed by atoms with Crippen molar-refractivity contribution in [3.63, 3.8) is 0 Å². The zero-order valence-electron chi connectivity index (χ0n) is 12.3. The third-order valence-corrected chi connectivity index (χ3v) is 4.14. The zero-order valence-corrected chi connectivity index (χ0v) is 13.1. The van der Waals surface area contributed by atoms with Gasteiger partial charge in [-0.3, -0.25) is 0 Å². The van der Waals surface area contributed by atoms with Crippen molar-refractivity contribution < 1.29 is 18.9 Å². The molecule has 1 saturated heterocycles. The maximum atomic E-state index is 6.58. The van der Waals surface area contributed by atoms with E-state index in [0.29, 0.717) is 17.2 Å². The fourth-order valence-electron chi connectivity index (χ4n) is 2.59. The quantitative estimate of drug-likeness (QED) is 0.779. The molecule has 1 aliphatic rings. The van der Waals surface area contributed by atoms with E-state index in [1.54, 1.807) is 21.3 Å². The Kier molecular flexibility index (Phi) is 5.00. The molecule has 112 valence electrons. The van der Waals surface area contributed by atoms with E-state index in [9.17, 15) is 0 Å². The van der Waals surface area contributed by atoms with Crippen LogP contribution in [0.1, 0.15) is 30.7 Å². The van der Waals surface area contributed by atoms with Crippen LogP contribution < -0.4 is 14.2 Å². The van der Waals surface area contributed by atoms with Crippen LogP contribution in [0.4, 0.5) is 0 Å². The molecule has 0 aliphatic carbocycles. The number of ether oxygens (including phenoxy) is 4. The van der Waals surface area contributed by atoms with Crippen molar-refractivity contribution in [2.75, 3.05) is 21.3 Å². The summed E-state index contributed by atoms with van der Waals surface area (Å²) in [6.45, 7) is 2.06. The molecule has 0 radical (unpaired) electrons. The number of alkyl halides is 1. The first-order valence-corrected chi connectivity index (χ1v) is 7.14. The van der Waals surface area contributed by atoms with Crippen LogP contribution in [0.15, 0.2) is 12.1 Å². The molecule has 0 aromatic heterocycles. The van der Waals surface area contributed by atoms with Gasteiger partial charge in [-0.2, -0.15) is 0 Å². The summed E-state index contributed by atoms with van der Waals surface area (Å²) in [6, 6.07) is 3.74. The molecular formula is C15H21ClO4. The van der Waals surface area contributed by atoms with Crippen LogP contribution in [-0.2, 0) is 4.74 Å². The Labute approximate surface area is 124 Å². The lowest BCUT2D eigenvalue weighted by atomic mass is 10.0. The highest BCUT2D eigenvalue weighted by atomic mass is 35.5. The fraction of sp³-hybridized carbons (Fsp3) is 0.600. The Morgan fingerprint density at radius 1 is 1.10 bits per heavy atom. The maximum absolute atomic E-state index is 6.58. The topological polar surface area (TPSA) is 36.9 Å². The number of hydrogen-bond donors (Lipinski definition) is 0. The van der Waals surface area contributed by atoms with Gasteiger partial charge in [0.1, 0.15) is 0 Å². The van der Waals surface area contributed by atoms with Gasteiger partial charge >= 0.3 is 0 Å². The summed E-state index contributed by atoms with van der Waals surface area (Å²) in [6.07, 6.45) is 2.24. The predicted molar refractivity (Wildman–Crippen MR) is 78.3 cm³/mol. The summed E-state index contributed by atoms with van der Waals surface area (Å²) in [5, 5.41) is -0.269. The summed E-state index contributed by atoms with van der Waals surface area (Å²) in [4.78, 5) is 0. The first-order chi connectivity index (χ1) is 9.62. The van der Waals surface area contributed by atoms with Crippen molar-refractivity contribution >= 4 is 11.6 Å². The van der Waals surface area contributed by atoms with E-state index in [2.05, 4.69) is 6.92 Å². The molecule has 0 saturated carbocycles. The molecule has 0 spiro atoms. The smallest absolute Gasteiger partial charge is 0.203 e. The van der Waals surface area contributed by atoms with Gasteiger partial charge in [-0.05, 0) is 31.9 Å². The highest BCUT2D eigenvalue weighted by molar-refractivity contribution is 6.21. The second-order valence-corrected chi connectivity index (χ2v) is 5.36. The van der Waals surface area contributed by atoms with Crippen LogP contribution in [0.25, 0.3) is 0 Å². The fourth-order valence-corrected chi connectivity index (χ4v) is 2.95. The normalized spacial score (nSPS) is 23.4. The van der Waals surface area contributed by atoms with Gasteiger partial charge in [0, 0.05) is 5.56 Å². The molecule has 1 fully saturated rings. The highest BCUT2D eigenvalue weighted by Crippen LogP contribution is 2.46. The SMILES string of the molecule is COc1ccc(C(Cl)C2CCC(C)O2)c(OC)c1OC. The monoisotopic (exact) mass is 300 g/mol. The standard InChI is InChI=1S/C15H21ClO4/c1-9-5-7-11(20-9)13(16)10-6-8-12(17-2)15(19-4)14(10)18-3/h6,8-9,11,13H,5,7H2,1-4H3. The van der Waals surface area contributed by atoms with Gasteiger partial charge in [0.15, 0.2) is 11.5 Å². The van der Waals surface area contributed by atoms with E-state index < -0.39 is 0 Å². The molecule has 3 atom stereocenters. The molecule has 0 bridgehead atoms. The molecule has 0 N–H and O–H groups in total. The molecule has 20 heavy (non-hydrogen) atoms. The molecular weight excluding hydrogens is 280 g/mol.